The summed E-state index contributed by atoms with van der Waals surface area (Å²) in [6.45, 7) is 13.5. The number of hydrogen-bond acceptors (Lipinski definition) is 15. The third-order valence-electron chi connectivity index (χ3n) is 9.67. The first-order valence-electron chi connectivity index (χ1n) is 21.1. The Morgan fingerprint density at radius 3 is 0.959 bits per heavy atom. The summed E-state index contributed by atoms with van der Waals surface area (Å²) >= 11 is 0. The van der Waals surface area contributed by atoms with Gasteiger partial charge in [-0.15, -0.1) is 0 Å². The summed E-state index contributed by atoms with van der Waals surface area (Å²) in [5, 5.41) is 30.8. The number of benzene rings is 2. The van der Waals surface area contributed by atoms with Gasteiger partial charge in [-0.3, -0.25) is 9.80 Å². The number of alkyl halides is 12. The van der Waals surface area contributed by atoms with Crippen LogP contribution >= 0.6 is 0 Å². The molecule has 8 N–H and O–H groups in total. The quantitative estimate of drug-likeness (QED) is 0.0675. The molecule has 2 aliphatic heterocycles. The van der Waals surface area contributed by atoms with Crippen molar-refractivity contribution in [3.8, 4) is 0 Å². The van der Waals surface area contributed by atoms with E-state index >= 15 is 0 Å². The lowest BCUT2D eigenvalue weighted by atomic mass is 10.1. The lowest BCUT2D eigenvalue weighted by molar-refractivity contribution is -0.193. The highest BCUT2D eigenvalue weighted by Gasteiger charge is 2.40. The van der Waals surface area contributed by atoms with Crippen LogP contribution in [0.25, 0.3) is 21.8 Å². The maximum absolute atomic E-state index is 10.6. The number of nitrogen functional groups attached to an aromatic ring is 2. The highest BCUT2D eigenvalue weighted by Crippen LogP contribution is 2.30. The van der Waals surface area contributed by atoms with Gasteiger partial charge in [-0.2, -0.15) is 52.7 Å². The predicted molar refractivity (Wildman–Crippen MR) is 237 cm³/mol. The second kappa shape index (κ2) is 29.1. The van der Waals surface area contributed by atoms with Crippen LogP contribution in [-0.2, 0) is 33.4 Å². The summed E-state index contributed by atoms with van der Waals surface area (Å²) in [6.07, 6.45) is -20.3. The fourth-order valence-corrected chi connectivity index (χ4v) is 6.23. The average molecular weight is 1070 g/mol. The molecule has 2 saturated heterocycles. The fourth-order valence-electron chi connectivity index (χ4n) is 6.23. The first kappa shape index (κ1) is 62.4. The van der Waals surface area contributed by atoms with Crippen molar-refractivity contribution < 1.29 is 106 Å². The van der Waals surface area contributed by atoms with Crippen LogP contribution in [0.3, 0.4) is 0 Å². The molecule has 2 aromatic heterocycles. The molecule has 6 rings (SSSR count). The lowest BCUT2D eigenvalue weighted by Crippen LogP contribution is -2.47. The summed E-state index contributed by atoms with van der Waals surface area (Å²) in [5.41, 5.74) is 16.4. The van der Waals surface area contributed by atoms with E-state index in [0.717, 1.165) is 87.3 Å². The standard InChI is InChI=1S/C34H46N8O3.4C2HF3O2/c35-33-25-31(27-5-1-3-7-29(27)37-33)41-13-9-39(10-14-41)17-19-43-21-23-45-24-22-44-20-18-40-11-15-42(16-12-40)32-26-34(36)38-30-8-4-2-6-28(30)32;4*3-2(4,5)1(6)7/h1-8,25-26H,9-24H2,(H2,35,37)(H2,36,38);4*(H,6,7). The van der Waals surface area contributed by atoms with E-state index in [4.69, 9.17) is 65.3 Å². The number of nitrogens with zero attached hydrogens (tertiary/aromatic N) is 6. The zero-order valence-corrected chi connectivity index (χ0v) is 38.1. The summed E-state index contributed by atoms with van der Waals surface area (Å²) in [6, 6.07) is 20.4. The molecule has 73 heavy (non-hydrogen) atoms. The van der Waals surface area contributed by atoms with Crippen LogP contribution in [0.2, 0.25) is 0 Å². The monoisotopic (exact) mass is 1070 g/mol. The summed E-state index contributed by atoms with van der Waals surface area (Å²) in [7, 11) is 0. The number of fused-ring (bicyclic) bond motifs is 2. The maximum Gasteiger partial charge on any atom is 0.490 e. The number of carbonyl (C=O) groups is 4. The van der Waals surface area contributed by atoms with Crippen molar-refractivity contribution in [3.05, 3.63) is 60.7 Å². The number of hydrogen-bond donors (Lipinski definition) is 6. The number of rotatable bonds is 14. The number of nitrogens with two attached hydrogens (primary N) is 2. The van der Waals surface area contributed by atoms with Gasteiger partial charge in [0.15, 0.2) is 0 Å². The number of aliphatic carboxylic acids is 4. The Hall–Kier alpha value is -6.70. The molecule has 0 bridgehead atoms. The molecule has 408 valence electrons. The second-order valence-electron chi connectivity index (χ2n) is 14.9. The number of pyridine rings is 2. The van der Waals surface area contributed by atoms with Gasteiger partial charge >= 0.3 is 48.6 Å². The molecule has 0 radical (unpaired) electrons. The molecular formula is C42H50F12N8O11. The van der Waals surface area contributed by atoms with Crippen molar-refractivity contribution >= 4 is 68.7 Å². The number of ether oxygens (including phenoxy) is 3. The Morgan fingerprint density at radius 1 is 0.452 bits per heavy atom. The van der Waals surface area contributed by atoms with Crippen LogP contribution in [0.4, 0.5) is 75.7 Å². The van der Waals surface area contributed by atoms with Crippen molar-refractivity contribution in [1.29, 1.82) is 0 Å². The molecule has 4 heterocycles. The topological polar surface area (TPSA) is 268 Å². The van der Waals surface area contributed by atoms with Gasteiger partial charge in [0, 0.05) is 99.7 Å². The minimum absolute atomic E-state index is 0.570. The number of aromatic nitrogens is 2. The summed E-state index contributed by atoms with van der Waals surface area (Å²) in [4.78, 5) is 54.3. The smallest absolute Gasteiger partial charge is 0.475 e. The molecule has 0 saturated carbocycles. The SMILES string of the molecule is Nc1cc(N2CCN(CCOCCOCCOCCN3CCN(c4cc(N)nc5ccccc45)CC3)CC2)c2ccccc2n1.O=C(O)C(F)(F)F.O=C(O)C(F)(F)F.O=C(O)C(F)(F)F.O=C(O)C(F)(F)F. The largest absolute Gasteiger partial charge is 0.490 e. The minimum Gasteiger partial charge on any atom is -0.475 e. The van der Waals surface area contributed by atoms with Gasteiger partial charge in [0.1, 0.15) is 11.6 Å². The predicted octanol–water partition coefficient (Wildman–Crippen LogP) is 5.47. The van der Waals surface area contributed by atoms with Crippen molar-refractivity contribution in [1.82, 2.24) is 19.8 Å². The molecule has 0 aliphatic carbocycles. The Morgan fingerprint density at radius 2 is 0.699 bits per heavy atom. The van der Waals surface area contributed by atoms with E-state index in [1.54, 1.807) is 0 Å². The van der Waals surface area contributed by atoms with Crippen LogP contribution in [0, 0.1) is 0 Å². The summed E-state index contributed by atoms with van der Waals surface area (Å²) in [5.74, 6) is -9.89. The van der Waals surface area contributed by atoms with Gasteiger partial charge in [-0.1, -0.05) is 36.4 Å². The third kappa shape index (κ3) is 23.6. The van der Waals surface area contributed by atoms with Crippen molar-refractivity contribution in [2.75, 3.05) is 126 Å². The molecule has 0 spiro atoms. The Labute approximate surface area is 406 Å². The number of piperazine rings is 2. The lowest BCUT2D eigenvalue weighted by Gasteiger charge is -2.36. The van der Waals surface area contributed by atoms with E-state index in [1.165, 1.54) is 11.4 Å². The second-order valence-corrected chi connectivity index (χ2v) is 14.9. The van der Waals surface area contributed by atoms with Crippen molar-refractivity contribution in [2.24, 2.45) is 0 Å². The van der Waals surface area contributed by atoms with Gasteiger partial charge in [0.2, 0.25) is 0 Å². The Balaban J connectivity index is 0.000000530. The van der Waals surface area contributed by atoms with Crippen molar-refractivity contribution in [2.45, 2.75) is 24.7 Å². The van der Waals surface area contributed by atoms with E-state index in [2.05, 4.69) is 53.8 Å². The first-order chi connectivity index (χ1) is 33.9. The third-order valence-corrected chi connectivity index (χ3v) is 9.67. The highest BCUT2D eigenvalue weighted by atomic mass is 19.4. The molecule has 0 amide bonds. The van der Waals surface area contributed by atoms with E-state index < -0.39 is 48.6 Å². The maximum atomic E-state index is 10.6. The fraction of sp³-hybridized carbons (Fsp3) is 0.476. The molecule has 2 aromatic carbocycles. The Bertz CT molecular complexity index is 2150. The summed E-state index contributed by atoms with van der Waals surface area (Å²) < 4.78 is 144. The van der Waals surface area contributed by atoms with Crippen LogP contribution < -0.4 is 21.3 Å². The molecule has 0 unspecified atom stereocenters. The number of carboxylic acid groups (broad SMARTS) is 4. The van der Waals surface area contributed by atoms with E-state index in [1.807, 2.05) is 36.4 Å². The molecule has 31 heteroatoms. The first-order valence-corrected chi connectivity index (χ1v) is 21.1. The zero-order chi connectivity index (χ0) is 55.2. The van der Waals surface area contributed by atoms with Crippen molar-refractivity contribution in [3.63, 3.8) is 0 Å². The van der Waals surface area contributed by atoms with Gasteiger partial charge in [-0.25, -0.2) is 29.1 Å². The van der Waals surface area contributed by atoms with Crippen LogP contribution in [0.15, 0.2) is 60.7 Å². The number of halogens is 12. The van der Waals surface area contributed by atoms with Gasteiger partial charge in [0.25, 0.3) is 0 Å². The van der Waals surface area contributed by atoms with E-state index in [9.17, 15) is 52.7 Å². The van der Waals surface area contributed by atoms with Crippen LogP contribution in [0.1, 0.15) is 0 Å². The normalized spacial score (nSPS) is 14.6. The molecule has 0 atom stereocenters. The number of anilines is 4. The minimum atomic E-state index is -5.08. The zero-order valence-electron chi connectivity index (χ0n) is 38.1. The molecule has 19 nitrogen and oxygen atoms in total. The molecule has 2 fully saturated rings. The van der Waals surface area contributed by atoms with Crippen LogP contribution in [-0.4, -0.2) is 194 Å². The number of carboxylic acids is 4. The highest BCUT2D eigenvalue weighted by molar-refractivity contribution is 5.94. The average Bonchev–Trinajstić information content (AvgIpc) is 3.30. The molecule has 2 aliphatic rings. The molecule has 4 aromatic rings. The van der Waals surface area contributed by atoms with Gasteiger partial charge in [-0.05, 0) is 12.1 Å². The number of para-hydroxylation sites is 2. The van der Waals surface area contributed by atoms with Gasteiger partial charge < -0.3 is 55.9 Å². The van der Waals surface area contributed by atoms with E-state index in [0.29, 0.717) is 51.3 Å². The molecular weight excluding hydrogens is 1020 g/mol. The van der Waals surface area contributed by atoms with E-state index in [-0.39, 0.29) is 0 Å². The van der Waals surface area contributed by atoms with Gasteiger partial charge in [0.05, 0.1) is 50.7 Å². The Kier molecular flexibility index (Phi) is 24.9. The van der Waals surface area contributed by atoms with Crippen LogP contribution in [0.5, 0.6) is 0 Å².